The minimum absolute atomic E-state index is 0.0275. The highest BCUT2D eigenvalue weighted by molar-refractivity contribution is 7.98. The molecule has 0 aromatic heterocycles. The first-order valence-corrected chi connectivity index (χ1v) is 14.6. The minimum atomic E-state index is -0.487. The summed E-state index contributed by atoms with van der Waals surface area (Å²) < 4.78 is 16.2. The van der Waals surface area contributed by atoms with Crippen molar-refractivity contribution in [2.75, 3.05) is 32.9 Å². The lowest BCUT2D eigenvalue weighted by atomic mass is 9.71. The molecular weight excluding hydrogens is 536 g/mol. The smallest absolute Gasteiger partial charge is 0.254 e. The molecule has 7 nitrogen and oxygen atoms in total. The molecule has 2 unspecified atom stereocenters. The van der Waals surface area contributed by atoms with Gasteiger partial charge in [0.15, 0.2) is 17.3 Å². The highest BCUT2D eigenvalue weighted by Crippen LogP contribution is 2.46. The zero-order valence-corrected chi connectivity index (χ0v) is 24.7. The van der Waals surface area contributed by atoms with E-state index in [4.69, 9.17) is 14.2 Å². The van der Waals surface area contributed by atoms with Crippen molar-refractivity contribution in [2.24, 2.45) is 0 Å². The number of benzene rings is 3. The number of anilines is 1. The van der Waals surface area contributed by atoms with Crippen LogP contribution in [0.3, 0.4) is 0 Å². The van der Waals surface area contributed by atoms with E-state index >= 15 is 0 Å². The van der Waals surface area contributed by atoms with E-state index in [-0.39, 0.29) is 17.6 Å². The SMILES string of the molecule is COc1ccc(NC(=O)C2=C(C)NC3=C(C(=O)CC(c4ccc(OC)c(OC)c4)C3)C2c2ccc(SC)cc2)cc1. The number of dihydropyridines is 1. The van der Waals surface area contributed by atoms with Gasteiger partial charge >= 0.3 is 0 Å². The molecule has 2 atom stereocenters. The van der Waals surface area contributed by atoms with Gasteiger partial charge in [-0.1, -0.05) is 18.2 Å². The number of hydrogen-bond acceptors (Lipinski definition) is 7. The number of ketones is 1. The third-order valence-electron chi connectivity index (χ3n) is 7.75. The van der Waals surface area contributed by atoms with Crippen LogP contribution in [0.15, 0.2) is 94.2 Å². The van der Waals surface area contributed by atoms with E-state index in [1.165, 1.54) is 0 Å². The maximum atomic E-state index is 14.0. The molecule has 0 bridgehead atoms. The van der Waals surface area contributed by atoms with E-state index in [0.29, 0.717) is 46.9 Å². The van der Waals surface area contributed by atoms with Gasteiger partial charge in [-0.05, 0) is 85.2 Å². The largest absolute Gasteiger partial charge is 0.497 e. The normalized spacial score (nSPS) is 18.4. The second-order valence-corrected chi connectivity index (χ2v) is 11.0. The van der Waals surface area contributed by atoms with Crippen molar-refractivity contribution in [3.05, 3.63) is 100 Å². The van der Waals surface area contributed by atoms with E-state index in [0.717, 1.165) is 27.4 Å². The molecule has 0 saturated carbocycles. The van der Waals surface area contributed by atoms with Crippen molar-refractivity contribution < 1.29 is 23.8 Å². The first-order valence-electron chi connectivity index (χ1n) is 13.4. The summed E-state index contributed by atoms with van der Waals surface area (Å²) in [5.74, 6) is 1.24. The third kappa shape index (κ3) is 5.70. The Balaban J connectivity index is 1.53. The number of amides is 1. The molecule has 1 amide bonds. The van der Waals surface area contributed by atoms with Gasteiger partial charge < -0.3 is 24.8 Å². The molecule has 0 saturated heterocycles. The summed E-state index contributed by atoms with van der Waals surface area (Å²) in [5, 5.41) is 6.48. The quantitative estimate of drug-likeness (QED) is 0.302. The van der Waals surface area contributed by atoms with E-state index in [2.05, 4.69) is 10.6 Å². The first-order chi connectivity index (χ1) is 19.9. The molecule has 2 aliphatic rings. The van der Waals surface area contributed by atoms with Crippen LogP contribution in [-0.4, -0.2) is 39.3 Å². The number of carbonyl (C=O) groups excluding carboxylic acids is 2. The van der Waals surface area contributed by atoms with Gasteiger partial charge in [-0.15, -0.1) is 11.8 Å². The van der Waals surface area contributed by atoms with Crippen molar-refractivity contribution in [2.45, 2.75) is 36.5 Å². The molecular formula is C33H34N2O5S. The van der Waals surface area contributed by atoms with Crippen molar-refractivity contribution in [3.8, 4) is 17.2 Å². The second kappa shape index (κ2) is 12.1. The summed E-state index contributed by atoms with van der Waals surface area (Å²) >= 11 is 1.65. The number of allylic oxidation sites excluding steroid dienone is 3. The summed E-state index contributed by atoms with van der Waals surface area (Å²) in [6.45, 7) is 1.90. The van der Waals surface area contributed by atoms with Gasteiger partial charge in [0.2, 0.25) is 0 Å². The molecule has 0 radical (unpaired) electrons. The van der Waals surface area contributed by atoms with Gasteiger partial charge in [-0.3, -0.25) is 9.59 Å². The van der Waals surface area contributed by atoms with Crippen LogP contribution in [0.2, 0.25) is 0 Å². The van der Waals surface area contributed by atoms with Crippen LogP contribution in [0, 0.1) is 0 Å². The Morgan fingerprint density at radius 2 is 1.56 bits per heavy atom. The minimum Gasteiger partial charge on any atom is -0.497 e. The second-order valence-electron chi connectivity index (χ2n) is 10.1. The Morgan fingerprint density at radius 1 is 0.878 bits per heavy atom. The highest BCUT2D eigenvalue weighted by atomic mass is 32.2. The van der Waals surface area contributed by atoms with Crippen LogP contribution in [0.1, 0.15) is 42.7 Å². The lowest BCUT2D eigenvalue weighted by Crippen LogP contribution is -2.37. The molecule has 8 heteroatoms. The number of nitrogens with one attached hydrogen (secondary N) is 2. The summed E-state index contributed by atoms with van der Waals surface area (Å²) in [5.41, 5.74) is 5.35. The average molecular weight is 571 g/mol. The fourth-order valence-corrected chi connectivity index (χ4v) is 6.09. The lowest BCUT2D eigenvalue weighted by molar-refractivity contribution is -0.116. The summed E-state index contributed by atoms with van der Waals surface area (Å²) in [6, 6.07) is 21.1. The van der Waals surface area contributed by atoms with E-state index < -0.39 is 5.92 Å². The predicted molar refractivity (Wildman–Crippen MR) is 162 cm³/mol. The van der Waals surface area contributed by atoms with Crippen molar-refractivity contribution in [3.63, 3.8) is 0 Å². The number of ether oxygens (including phenoxy) is 3. The van der Waals surface area contributed by atoms with Crippen LogP contribution in [0.25, 0.3) is 0 Å². The maximum Gasteiger partial charge on any atom is 0.254 e. The topological polar surface area (TPSA) is 85.9 Å². The summed E-state index contributed by atoms with van der Waals surface area (Å²) in [4.78, 5) is 28.9. The molecule has 212 valence electrons. The number of thioether (sulfide) groups is 1. The zero-order chi connectivity index (χ0) is 29.1. The van der Waals surface area contributed by atoms with Crippen LogP contribution in [0.5, 0.6) is 17.2 Å². The molecule has 0 spiro atoms. The zero-order valence-electron chi connectivity index (χ0n) is 23.9. The monoisotopic (exact) mass is 570 g/mol. The molecule has 41 heavy (non-hydrogen) atoms. The van der Waals surface area contributed by atoms with Crippen LogP contribution in [0.4, 0.5) is 5.69 Å². The Hall–Kier alpha value is -4.17. The molecule has 3 aromatic carbocycles. The Bertz CT molecular complexity index is 1530. The molecule has 5 rings (SSSR count). The number of Topliss-reactive ketones (excluding diaryl/α,β-unsaturated/α-hetero) is 1. The Morgan fingerprint density at radius 3 is 2.20 bits per heavy atom. The van der Waals surface area contributed by atoms with Crippen LogP contribution in [-0.2, 0) is 9.59 Å². The van der Waals surface area contributed by atoms with Crippen LogP contribution >= 0.6 is 11.8 Å². The molecule has 3 aromatic rings. The average Bonchev–Trinajstić information content (AvgIpc) is 3.00. The highest BCUT2D eigenvalue weighted by Gasteiger charge is 2.41. The van der Waals surface area contributed by atoms with Gasteiger partial charge in [0.1, 0.15) is 5.75 Å². The number of carbonyl (C=O) groups is 2. The van der Waals surface area contributed by atoms with Gasteiger partial charge in [0, 0.05) is 45.5 Å². The third-order valence-corrected chi connectivity index (χ3v) is 8.49. The number of hydrogen-bond donors (Lipinski definition) is 2. The number of methoxy groups -OCH3 is 3. The van der Waals surface area contributed by atoms with Gasteiger partial charge in [-0.25, -0.2) is 0 Å². The predicted octanol–water partition coefficient (Wildman–Crippen LogP) is 6.43. The van der Waals surface area contributed by atoms with Crippen molar-refractivity contribution in [1.29, 1.82) is 0 Å². The van der Waals surface area contributed by atoms with E-state index in [9.17, 15) is 9.59 Å². The standard InChI is InChI=1S/C33H34N2O5S/c1-19-30(33(37)35-23-9-11-24(38-2)12-10-23)31(20-6-13-25(41-5)14-7-20)32-26(34-19)16-22(17-27(32)36)21-8-15-28(39-3)29(18-21)40-4/h6-15,18,22,31,34H,16-17H2,1-5H3,(H,35,37). The van der Waals surface area contributed by atoms with E-state index in [1.54, 1.807) is 57.4 Å². The number of rotatable bonds is 8. The Labute approximate surface area is 245 Å². The fraction of sp³-hybridized carbons (Fsp3) is 0.273. The lowest BCUT2D eigenvalue weighted by Gasteiger charge is -2.37. The molecule has 0 fully saturated rings. The summed E-state index contributed by atoms with van der Waals surface area (Å²) in [7, 11) is 4.81. The van der Waals surface area contributed by atoms with Crippen molar-refractivity contribution in [1.82, 2.24) is 5.32 Å². The molecule has 1 aliphatic heterocycles. The molecule has 1 heterocycles. The first kappa shape index (κ1) is 28.4. The maximum absolute atomic E-state index is 14.0. The molecule has 2 N–H and O–H groups in total. The van der Waals surface area contributed by atoms with E-state index in [1.807, 2.05) is 55.6 Å². The van der Waals surface area contributed by atoms with Crippen molar-refractivity contribution >= 4 is 29.1 Å². The van der Waals surface area contributed by atoms with Crippen LogP contribution < -0.4 is 24.8 Å². The Kier molecular flexibility index (Phi) is 8.40. The van der Waals surface area contributed by atoms with Gasteiger partial charge in [0.05, 0.1) is 21.3 Å². The van der Waals surface area contributed by atoms with Gasteiger partial charge in [-0.2, -0.15) is 0 Å². The summed E-state index contributed by atoms with van der Waals surface area (Å²) in [6.07, 6.45) is 3.00. The molecule has 1 aliphatic carbocycles. The fourth-order valence-electron chi connectivity index (χ4n) is 5.68. The van der Waals surface area contributed by atoms with Gasteiger partial charge in [0.25, 0.3) is 5.91 Å².